The van der Waals surface area contributed by atoms with Gasteiger partial charge in [0.05, 0.1) is 0 Å². The Morgan fingerprint density at radius 3 is 2.21 bits per heavy atom. The van der Waals surface area contributed by atoms with Crippen LogP contribution in [-0.4, -0.2) is 17.0 Å². The molecule has 0 saturated heterocycles. The van der Waals surface area contributed by atoms with E-state index in [0.29, 0.717) is 16.7 Å². The van der Waals surface area contributed by atoms with Crippen molar-refractivity contribution in [1.82, 2.24) is 5.32 Å². The summed E-state index contributed by atoms with van der Waals surface area (Å²) in [5.74, 6) is -0.363. The van der Waals surface area contributed by atoms with Gasteiger partial charge in [-0.3, -0.25) is 4.79 Å². The first kappa shape index (κ1) is 17.9. The number of carbonyl (C=O) groups excluding carboxylic acids is 2. The first-order valence-corrected chi connectivity index (χ1v) is 8.99. The Hall–Kier alpha value is -3.44. The quantitative estimate of drug-likeness (QED) is 0.731. The van der Waals surface area contributed by atoms with Crippen LogP contribution in [0.1, 0.15) is 33.2 Å². The van der Waals surface area contributed by atoms with Crippen LogP contribution in [0.15, 0.2) is 84.9 Å². The minimum Gasteiger partial charge on any atom is -0.445 e. The zero-order valence-electron chi connectivity index (χ0n) is 15.0. The molecule has 0 saturated carbocycles. The van der Waals surface area contributed by atoms with Gasteiger partial charge < -0.3 is 15.2 Å². The number of carbonyl (C=O) groups is 2. The molecular weight excluding hydrogens is 354 g/mol. The number of amides is 1. The van der Waals surface area contributed by atoms with Crippen molar-refractivity contribution in [2.45, 2.75) is 18.2 Å². The van der Waals surface area contributed by atoms with Crippen LogP contribution in [0, 0.1) is 0 Å². The molecular formula is C23H19NO4. The van der Waals surface area contributed by atoms with E-state index >= 15 is 0 Å². The number of ketones is 1. The van der Waals surface area contributed by atoms with E-state index in [-0.39, 0.29) is 12.4 Å². The molecule has 0 fully saturated rings. The molecule has 1 amide bonds. The third kappa shape index (κ3) is 2.96. The molecule has 5 nitrogen and oxygen atoms in total. The first-order valence-electron chi connectivity index (χ1n) is 8.99. The number of rotatable bonds is 4. The van der Waals surface area contributed by atoms with Crippen molar-refractivity contribution in [3.8, 4) is 0 Å². The molecule has 0 spiro atoms. The maximum absolute atomic E-state index is 13.3. The zero-order chi connectivity index (χ0) is 19.6. The number of aliphatic hydroxyl groups excluding tert-OH is 1. The summed E-state index contributed by atoms with van der Waals surface area (Å²) < 4.78 is 5.32. The number of Topliss-reactive ketones (excluding diaryl/α,β-unsaturated/α-hetero) is 1. The third-order valence-corrected chi connectivity index (χ3v) is 5.01. The van der Waals surface area contributed by atoms with Gasteiger partial charge in [0.1, 0.15) is 12.7 Å². The molecule has 140 valence electrons. The number of aliphatic hydroxyl groups is 1. The fraction of sp³-hybridized carbons (Fsp3) is 0.130. The molecule has 1 aliphatic carbocycles. The summed E-state index contributed by atoms with van der Waals surface area (Å²) in [7, 11) is 0. The van der Waals surface area contributed by atoms with E-state index in [0.717, 1.165) is 5.56 Å². The molecule has 0 bridgehead atoms. The van der Waals surface area contributed by atoms with Gasteiger partial charge in [0, 0.05) is 5.56 Å². The average Bonchev–Trinajstić information content (AvgIpc) is 2.96. The van der Waals surface area contributed by atoms with Crippen LogP contribution >= 0.6 is 0 Å². The number of hydrogen-bond acceptors (Lipinski definition) is 4. The minimum absolute atomic E-state index is 0.0643. The second-order valence-corrected chi connectivity index (χ2v) is 6.68. The summed E-state index contributed by atoms with van der Waals surface area (Å²) >= 11 is 0. The summed E-state index contributed by atoms with van der Waals surface area (Å²) in [6.07, 6.45) is -1.99. The van der Waals surface area contributed by atoms with Crippen molar-refractivity contribution >= 4 is 11.9 Å². The topological polar surface area (TPSA) is 75.6 Å². The van der Waals surface area contributed by atoms with E-state index in [2.05, 4.69) is 5.32 Å². The Bertz CT molecular complexity index is 1000. The standard InChI is InChI=1S/C23H19NO4/c25-20-18-13-7-8-14-19(18)21(26)23(20,17-11-5-2-6-12-17)24-22(27)28-15-16-9-3-1-4-10-16/h1-14,20,25H,15H2,(H,24,27)/t20-,23-/m0/s1. The van der Waals surface area contributed by atoms with E-state index in [1.165, 1.54) is 0 Å². The molecule has 2 N–H and O–H groups in total. The average molecular weight is 373 g/mol. The molecule has 0 aromatic heterocycles. The lowest BCUT2D eigenvalue weighted by Gasteiger charge is -2.32. The molecule has 5 heteroatoms. The summed E-state index contributed by atoms with van der Waals surface area (Å²) in [5.41, 5.74) is 0.578. The van der Waals surface area contributed by atoms with Gasteiger partial charge >= 0.3 is 6.09 Å². The molecule has 1 aliphatic rings. The van der Waals surface area contributed by atoms with Gasteiger partial charge in [0.25, 0.3) is 0 Å². The molecule has 0 unspecified atom stereocenters. The number of alkyl carbamates (subject to hydrolysis) is 1. The van der Waals surface area contributed by atoms with Gasteiger partial charge in [-0.25, -0.2) is 4.79 Å². The highest BCUT2D eigenvalue weighted by Gasteiger charge is 2.55. The predicted octanol–water partition coefficient (Wildman–Crippen LogP) is 3.74. The largest absolute Gasteiger partial charge is 0.445 e. The highest BCUT2D eigenvalue weighted by atomic mass is 16.5. The van der Waals surface area contributed by atoms with Crippen molar-refractivity contribution in [2.75, 3.05) is 0 Å². The lowest BCUT2D eigenvalue weighted by atomic mass is 9.84. The van der Waals surface area contributed by atoms with Crippen molar-refractivity contribution in [1.29, 1.82) is 0 Å². The van der Waals surface area contributed by atoms with Crippen molar-refractivity contribution in [2.24, 2.45) is 0 Å². The Kier molecular flexibility index (Phi) is 4.67. The van der Waals surface area contributed by atoms with Crippen LogP contribution in [-0.2, 0) is 16.9 Å². The number of nitrogens with one attached hydrogen (secondary N) is 1. The fourth-order valence-electron chi connectivity index (χ4n) is 3.62. The second-order valence-electron chi connectivity index (χ2n) is 6.68. The molecule has 0 aliphatic heterocycles. The summed E-state index contributed by atoms with van der Waals surface area (Å²) in [6, 6.07) is 24.8. The van der Waals surface area contributed by atoms with Gasteiger partial charge in [0.15, 0.2) is 11.3 Å². The third-order valence-electron chi connectivity index (χ3n) is 5.01. The molecule has 0 radical (unpaired) electrons. The van der Waals surface area contributed by atoms with Gasteiger partial charge in [-0.05, 0) is 16.7 Å². The highest BCUT2D eigenvalue weighted by Crippen LogP contribution is 2.45. The first-order chi connectivity index (χ1) is 13.6. The minimum atomic E-state index is -1.63. The van der Waals surface area contributed by atoms with Gasteiger partial charge in [0.2, 0.25) is 0 Å². The van der Waals surface area contributed by atoms with Gasteiger partial charge in [-0.1, -0.05) is 84.9 Å². The number of benzene rings is 3. The monoisotopic (exact) mass is 373 g/mol. The summed E-state index contributed by atoms with van der Waals surface area (Å²) in [4.78, 5) is 25.9. The number of fused-ring (bicyclic) bond motifs is 1. The molecule has 0 heterocycles. The second kappa shape index (κ2) is 7.29. The SMILES string of the molecule is O=C(N[C@]1(c2ccccc2)C(=O)c2ccccc2[C@@H]1O)OCc1ccccc1. The van der Waals surface area contributed by atoms with Crippen molar-refractivity contribution < 1.29 is 19.4 Å². The lowest BCUT2D eigenvalue weighted by molar-refractivity contribution is 0.0468. The van der Waals surface area contributed by atoms with Crippen LogP contribution in [0.3, 0.4) is 0 Å². The van der Waals surface area contributed by atoms with Crippen molar-refractivity contribution in [3.05, 3.63) is 107 Å². The highest BCUT2D eigenvalue weighted by molar-refractivity contribution is 6.10. The maximum Gasteiger partial charge on any atom is 0.408 e. The van der Waals surface area contributed by atoms with Gasteiger partial charge in [-0.2, -0.15) is 0 Å². The van der Waals surface area contributed by atoms with Crippen molar-refractivity contribution in [3.63, 3.8) is 0 Å². The van der Waals surface area contributed by atoms with Crippen LogP contribution in [0.4, 0.5) is 4.79 Å². The van der Waals surface area contributed by atoms with E-state index < -0.39 is 17.7 Å². The zero-order valence-corrected chi connectivity index (χ0v) is 15.0. The summed E-state index contributed by atoms with van der Waals surface area (Å²) in [6.45, 7) is 0.0643. The van der Waals surface area contributed by atoms with E-state index in [4.69, 9.17) is 4.74 Å². The predicted molar refractivity (Wildman–Crippen MR) is 104 cm³/mol. The van der Waals surface area contributed by atoms with Gasteiger partial charge in [-0.15, -0.1) is 0 Å². The molecule has 3 aromatic rings. The molecule has 28 heavy (non-hydrogen) atoms. The fourth-order valence-corrected chi connectivity index (χ4v) is 3.62. The van der Waals surface area contributed by atoms with Crippen LogP contribution in [0.2, 0.25) is 0 Å². The summed E-state index contributed by atoms with van der Waals surface area (Å²) in [5, 5.41) is 13.7. The van der Waals surface area contributed by atoms with E-state index in [1.807, 2.05) is 36.4 Å². The molecule has 4 rings (SSSR count). The Labute approximate surface area is 162 Å². The Morgan fingerprint density at radius 1 is 0.929 bits per heavy atom. The smallest absolute Gasteiger partial charge is 0.408 e. The van der Waals surface area contributed by atoms with Crippen LogP contribution in [0.5, 0.6) is 0 Å². The lowest BCUT2D eigenvalue weighted by Crippen LogP contribution is -2.52. The van der Waals surface area contributed by atoms with E-state index in [1.54, 1.807) is 48.5 Å². The number of hydrogen-bond donors (Lipinski definition) is 2. The van der Waals surface area contributed by atoms with Crippen LogP contribution < -0.4 is 5.32 Å². The van der Waals surface area contributed by atoms with E-state index in [9.17, 15) is 14.7 Å². The van der Waals surface area contributed by atoms with Crippen LogP contribution in [0.25, 0.3) is 0 Å². The normalized spacial score (nSPS) is 20.5. The molecule has 2 atom stereocenters. The Balaban J connectivity index is 1.66. The Morgan fingerprint density at radius 2 is 1.54 bits per heavy atom. The molecule has 3 aromatic carbocycles. The number of ether oxygens (including phenoxy) is 1. The maximum atomic E-state index is 13.3.